The molecule has 140 valence electrons. The number of pyridine rings is 1. The summed E-state index contributed by atoms with van der Waals surface area (Å²) < 4.78 is 54.0. The number of aromatic nitrogens is 1. The van der Waals surface area contributed by atoms with Crippen molar-refractivity contribution >= 4 is 5.91 Å². The summed E-state index contributed by atoms with van der Waals surface area (Å²) in [6.45, 7) is 0.319. The highest BCUT2D eigenvalue weighted by Crippen LogP contribution is 2.19. The van der Waals surface area contributed by atoms with Crippen LogP contribution in [-0.2, 0) is 11.2 Å². The van der Waals surface area contributed by atoms with Gasteiger partial charge in [-0.3, -0.25) is 9.78 Å². The van der Waals surface area contributed by atoms with Crippen molar-refractivity contribution in [3.05, 3.63) is 59.7 Å². The van der Waals surface area contributed by atoms with Gasteiger partial charge >= 0.3 is 6.18 Å². The van der Waals surface area contributed by atoms with E-state index in [1.165, 1.54) is 30.5 Å². The predicted molar refractivity (Wildman–Crippen MR) is 87.1 cm³/mol. The van der Waals surface area contributed by atoms with Crippen LogP contribution in [0.15, 0.2) is 42.6 Å². The van der Waals surface area contributed by atoms with Crippen LogP contribution in [0.1, 0.15) is 30.6 Å². The number of benzene rings is 1. The van der Waals surface area contributed by atoms with Crippen molar-refractivity contribution in [2.75, 3.05) is 6.61 Å². The molecule has 8 heteroatoms. The molecule has 1 N–H and O–H groups in total. The van der Waals surface area contributed by atoms with E-state index >= 15 is 0 Å². The Labute approximate surface area is 148 Å². The number of aryl methyl sites for hydroxylation is 1. The maximum absolute atomic E-state index is 13.1. The number of rotatable bonds is 7. The first-order chi connectivity index (χ1) is 12.2. The van der Waals surface area contributed by atoms with E-state index in [0.29, 0.717) is 12.1 Å². The summed E-state index contributed by atoms with van der Waals surface area (Å²) in [5.41, 5.74) is 1.21. The number of ether oxygens (including phenoxy) is 1. The lowest BCUT2D eigenvalue weighted by Gasteiger charge is -2.14. The van der Waals surface area contributed by atoms with Gasteiger partial charge in [0.25, 0.3) is 0 Å². The lowest BCUT2D eigenvalue weighted by atomic mass is 10.1. The highest BCUT2D eigenvalue weighted by Gasteiger charge is 2.28. The summed E-state index contributed by atoms with van der Waals surface area (Å²) in [5.74, 6) is -0.593. The summed E-state index contributed by atoms with van der Waals surface area (Å²) in [7, 11) is 0. The summed E-state index contributed by atoms with van der Waals surface area (Å²) >= 11 is 0. The first-order valence-electron chi connectivity index (χ1n) is 7.92. The molecule has 0 fully saturated rings. The number of carbonyl (C=O) groups excluding carboxylic acids is 1. The van der Waals surface area contributed by atoms with E-state index in [-0.39, 0.29) is 23.9 Å². The third-order valence-electron chi connectivity index (χ3n) is 3.51. The monoisotopic (exact) mass is 370 g/mol. The highest BCUT2D eigenvalue weighted by atomic mass is 19.4. The molecule has 0 unspecified atom stereocenters. The molecule has 0 saturated carbocycles. The molecule has 0 aliphatic heterocycles. The van der Waals surface area contributed by atoms with E-state index in [1.807, 2.05) is 0 Å². The number of nitrogens with one attached hydrogen (secondary N) is 1. The largest absolute Gasteiger partial charge is 0.483 e. The molecule has 0 aliphatic carbocycles. The summed E-state index contributed by atoms with van der Waals surface area (Å²) in [6.07, 6.45) is -2.66. The van der Waals surface area contributed by atoms with Gasteiger partial charge in [0, 0.05) is 6.42 Å². The van der Waals surface area contributed by atoms with Crippen molar-refractivity contribution < 1.29 is 27.1 Å². The predicted octanol–water partition coefficient (Wildman–Crippen LogP) is 3.97. The summed E-state index contributed by atoms with van der Waals surface area (Å²) in [4.78, 5) is 16.0. The lowest BCUT2D eigenvalue weighted by Crippen LogP contribution is -2.27. The number of halogens is 4. The van der Waals surface area contributed by atoms with Gasteiger partial charge < -0.3 is 10.1 Å². The summed E-state index contributed by atoms with van der Waals surface area (Å²) in [6, 6.07) is 8.45. The van der Waals surface area contributed by atoms with Gasteiger partial charge in [-0.05, 0) is 43.2 Å². The van der Waals surface area contributed by atoms with E-state index in [4.69, 9.17) is 0 Å². The molecule has 1 aromatic heterocycles. The number of amides is 1. The van der Waals surface area contributed by atoms with E-state index < -0.39 is 18.8 Å². The fourth-order valence-corrected chi connectivity index (χ4v) is 2.24. The Bertz CT molecular complexity index is 733. The zero-order valence-corrected chi connectivity index (χ0v) is 14.0. The number of alkyl halides is 3. The maximum Gasteiger partial charge on any atom is 0.422 e. The molecular formula is C18H18F4N2O2. The Balaban J connectivity index is 1.82. The van der Waals surface area contributed by atoms with Crippen LogP contribution in [0.4, 0.5) is 17.6 Å². The number of nitrogens with zero attached hydrogens (tertiary/aromatic N) is 1. The van der Waals surface area contributed by atoms with Crippen LogP contribution in [0.25, 0.3) is 0 Å². The Morgan fingerprint density at radius 3 is 2.65 bits per heavy atom. The van der Waals surface area contributed by atoms with Crippen LogP contribution >= 0.6 is 0 Å². The topological polar surface area (TPSA) is 51.2 Å². The van der Waals surface area contributed by atoms with Crippen LogP contribution < -0.4 is 10.1 Å². The van der Waals surface area contributed by atoms with Crippen molar-refractivity contribution in [2.45, 2.75) is 32.0 Å². The van der Waals surface area contributed by atoms with Crippen LogP contribution in [0.5, 0.6) is 5.75 Å². The van der Waals surface area contributed by atoms with Crippen molar-refractivity contribution in [2.24, 2.45) is 0 Å². The van der Waals surface area contributed by atoms with Crippen LogP contribution in [0.2, 0.25) is 0 Å². The second-order valence-corrected chi connectivity index (χ2v) is 5.74. The van der Waals surface area contributed by atoms with Gasteiger partial charge in [0.05, 0.1) is 17.9 Å². The standard InChI is InChI=1S/C18H18F4N2O2/c1-12(16-7-6-15(10-23-16)26-11-18(20,21)22)24-17(25)8-5-13-3-2-4-14(19)9-13/h2-4,6-7,9-10,12H,5,8,11H2,1H3,(H,24,25)/t12-/m1/s1. The van der Waals surface area contributed by atoms with E-state index in [9.17, 15) is 22.4 Å². The van der Waals surface area contributed by atoms with Crippen molar-refractivity contribution in [1.29, 1.82) is 0 Å². The van der Waals surface area contributed by atoms with Gasteiger partial charge in [0.15, 0.2) is 6.61 Å². The molecular weight excluding hydrogens is 352 g/mol. The zero-order chi connectivity index (χ0) is 19.2. The van der Waals surface area contributed by atoms with Gasteiger partial charge in [0.1, 0.15) is 11.6 Å². The molecule has 0 bridgehead atoms. The van der Waals surface area contributed by atoms with E-state index in [1.54, 1.807) is 19.1 Å². The van der Waals surface area contributed by atoms with E-state index in [0.717, 1.165) is 5.56 Å². The normalized spacial score (nSPS) is 12.5. The number of hydrogen-bond acceptors (Lipinski definition) is 3. The third-order valence-corrected chi connectivity index (χ3v) is 3.51. The second-order valence-electron chi connectivity index (χ2n) is 5.74. The minimum absolute atomic E-state index is 0.00398. The van der Waals surface area contributed by atoms with Crippen LogP contribution in [-0.4, -0.2) is 23.7 Å². The molecule has 4 nitrogen and oxygen atoms in total. The first kappa shape index (κ1) is 19.7. The van der Waals surface area contributed by atoms with Gasteiger partial charge in [-0.1, -0.05) is 12.1 Å². The highest BCUT2D eigenvalue weighted by molar-refractivity contribution is 5.76. The fourth-order valence-electron chi connectivity index (χ4n) is 2.24. The molecule has 1 atom stereocenters. The summed E-state index contributed by atoms with van der Waals surface area (Å²) in [5, 5.41) is 2.74. The van der Waals surface area contributed by atoms with Crippen LogP contribution in [0, 0.1) is 5.82 Å². The molecule has 0 saturated heterocycles. The van der Waals surface area contributed by atoms with E-state index in [2.05, 4.69) is 15.0 Å². The Hall–Kier alpha value is -2.64. The minimum atomic E-state index is -4.42. The molecule has 0 radical (unpaired) electrons. The molecule has 1 amide bonds. The second kappa shape index (κ2) is 8.64. The smallest absolute Gasteiger partial charge is 0.422 e. The molecule has 1 heterocycles. The molecule has 26 heavy (non-hydrogen) atoms. The van der Waals surface area contributed by atoms with Crippen molar-refractivity contribution in [1.82, 2.24) is 10.3 Å². The SMILES string of the molecule is C[C@@H](NC(=O)CCc1cccc(F)c1)c1ccc(OCC(F)(F)F)cn1. The first-order valence-corrected chi connectivity index (χ1v) is 7.92. The Morgan fingerprint density at radius 2 is 2.04 bits per heavy atom. The minimum Gasteiger partial charge on any atom is -0.483 e. The molecule has 2 aromatic rings. The van der Waals surface area contributed by atoms with Gasteiger partial charge in [-0.15, -0.1) is 0 Å². The van der Waals surface area contributed by atoms with Crippen LogP contribution in [0.3, 0.4) is 0 Å². The number of hydrogen-bond donors (Lipinski definition) is 1. The average Bonchev–Trinajstić information content (AvgIpc) is 2.58. The third kappa shape index (κ3) is 6.70. The van der Waals surface area contributed by atoms with Gasteiger partial charge in [0.2, 0.25) is 5.91 Å². The number of carbonyl (C=O) groups is 1. The fraction of sp³-hybridized carbons (Fsp3) is 0.333. The quantitative estimate of drug-likeness (QED) is 0.751. The van der Waals surface area contributed by atoms with Crippen molar-refractivity contribution in [3.8, 4) is 5.75 Å². The molecule has 2 rings (SSSR count). The lowest BCUT2D eigenvalue weighted by molar-refractivity contribution is -0.153. The Kier molecular flexibility index (Phi) is 6.54. The van der Waals surface area contributed by atoms with Gasteiger partial charge in [-0.2, -0.15) is 13.2 Å². The van der Waals surface area contributed by atoms with Gasteiger partial charge in [-0.25, -0.2) is 4.39 Å². The maximum atomic E-state index is 13.1. The van der Waals surface area contributed by atoms with Crippen molar-refractivity contribution in [3.63, 3.8) is 0 Å². The molecule has 0 spiro atoms. The Morgan fingerprint density at radius 1 is 1.27 bits per heavy atom. The average molecular weight is 370 g/mol. The zero-order valence-electron chi connectivity index (χ0n) is 14.0. The molecule has 1 aromatic carbocycles. The molecule has 0 aliphatic rings.